The second kappa shape index (κ2) is 4.21. The van der Waals surface area contributed by atoms with Crippen LogP contribution in [0.25, 0.3) is 0 Å². The Bertz CT molecular complexity index is 504. The summed E-state index contributed by atoms with van der Waals surface area (Å²) in [5.74, 6) is 0.818. The number of amides is 1. The van der Waals surface area contributed by atoms with Crippen LogP contribution in [0, 0.1) is 5.92 Å². The molecule has 1 N–H and O–H groups in total. The molecule has 1 aliphatic carbocycles. The van der Waals surface area contributed by atoms with Crippen LogP contribution in [0.15, 0.2) is 18.2 Å². The lowest BCUT2D eigenvalue weighted by Crippen LogP contribution is -2.18. The topological polar surface area (TPSA) is 47.6 Å². The highest BCUT2D eigenvalue weighted by Crippen LogP contribution is 2.53. The van der Waals surface area contributed by atoms with Crippen LogP contribution in [0.2, 0.25) is 0 Å². The van der Waals surface area contributed by atoms with Gasteiger partial charge in [-0.15, -0.1) is 23.2 Å². The van der Waals surface area contributed by atoms with Gasteiger partial charge in [-0.2, -0.15) is 0 Å². The maximum Gasteiger partial charge on any atom is 0.230 e. The number of hydrogen-bond donors (Lipinski definition) is 1. The number of carbonyl (C=O) groups is 1. The first-order valence-corrected chi connectivity index (χ1v) is 6.40. The van der Waals surface area contributed by atoms with Crippen LogP contribution in [0.4, 0.5) is 5.69 Å². The highest BCUT2D eigenvalue weighted by molar-refractivity contribution is 6.52. The molecule has 0 radical (unpaired) electrons. The number of benzene rings is 1. The van der Waals surface area contributed by atoms with Crippen molar-refractivity contribution in [3.63, 3.8) is 0 Å². The molecule has 0 spiro atoms. The fourth-order valence-corrected chi connectivity index (χ4v) is 2.36. The summed E-state index contributed by atoms with van der Waals surface area (Å²) in [5, 5.41) is 2.77. The predicted octanol–water partition coefficient (Wildman–Crippen LogP) is 2.59. The Morgan fingerprint density at radius 2 is 1.94 bits per heavy atom. The Morgan fingerprint density at radius 3 is 2.61 bits per heavy atom. The van der Waals surface area contributed by atoms with Gasteiger partial charge in [0.15, 0.2) is 11.5 Å². The van der Waals surface area contributed by atoms with Gasteiger partial charge in [0.25, 0.3) is 0 Å². The van der Waals surface area contributed by atoms with E-state index in [4.69, 9.17) is 32.7 Å². The SMILES string of the molecule is O=C(Nc1ccc2c(c1)OCCO2)C1CC1(Cl)Cl. The second-order valence-corrected chi connectivity index (χ2v) is 5.91. The monoisotopic (exact) mass is 287 g/mol. The Balaban J connectivity index is 1.72. The van der Waals surface area contributed by atoms with E-state index in [-0.39, 0.29) is 11.8 Å². The van der Waals surface area contributed by atoms with E-state index in [0.717, 1.165) is 0 Å². The summed E-state index contributed by atoms with van der Waals surface area (Å²) in [6, 6.07) is 5.27. The molecule has 4 nitrogen and oxygen atoms in total. The molecular weight excluding hydrogens is 277 g/mol. The fraction of sp³-hybridized carbons (Fsp3) is 0.417. The minimum Gasteiger partial charge on any atom is -0.486 e. The molecule has 1 heterocycles. The summed E-state index contributed by atoms with van der Waals surface area (Å²) in [7, 11) is 0. The zero-order valence-electron chi connectivity index (χ0n) is 9.41. The van der Waals surface area contributed by atoms with Gasteiger partial charge in [0, 0.05) is 11.8 Å². The van der Waals surface area contributed by atoms with E-state index in [1.807, 2.05) is 0 Å². The molecule has 3 rings (SSSR count). The van der Waals surface area contributed by atoms with Crippen LogP contribution in [-0.4, -0.2) is 23.5 Å². The van der Waals surface area contributed by atoms with Gasteiger partial charge >= 0.3 is 0 Å². The molecule has 0 saturated heterocycles. The van der Waals surface area contributed by atoms with Crippen LogP contribution in [0.3, 0.4) is 0 Å². The van der Waals surface area contributed by atoms with Crippen molar-refractivity contribution in [2.75, 3.05) is 18.5 Å². The first-order chi connectivity index (χ1) is 8.56. The number of alkyl halides is 2. The van der Waals surface area contributed by atoms with E-state index in [1.54, 1.807) is 18.2 Å². The van der Waals surface area contributed by atoms with Crippen LogP contribution >= 0.6 is 23.2 Å². The molecular formula is C12H11Cl2NO3. The third-order valence-corrected chi connectivity index (χ3v) is 3.79. The number of carbonyl (C=O) groups excluding carboxylic acids is 1. The van der Waals surface area contributed by atoms with Crippen LogP contribution in [-0.2, 0) is 4.79 Å². The third-order valence-electron chi connectivity index (χ3n) is 2.95. The number of rotatable bonds is 2. The zero-order chi connectivity index (χ0) is 12.8. The first-order valence-electron chi connectivity index (χ1n) is 5.64. The number of anilines is 1. The van der Waals surface area contributed by atoms with Gasteiger partial charge in [0.05, 0.1) is 5.92 Å². The number of nitrogens with one attached hydrogen (secondary N) is 1. The lowest BCUT2D eigenvalue weighted by molar-refractivity contribution is -0.117. The molecule has 2 aliphatic rings. The number of halogens is 2. The molecule has 0 bridgehead atoms. The molecule has 18 heavy (non-hydrogen) atoms. The van der Waals surface area contributed by atoms with E-state index >= 15 is 0 Å². The van der Waals surface area contributed by atoms with Crippen LogP contribution in [0.1, 0.15) is 6.42 Å². The Hall–Kier alpha value is -1.13. The van der Waals surface area contributed by atoms with Crippen molar-refractivity contribution in [1.82, 2.24) is 0 Å². The van der Waals surface area contributed by atoms with Gasteiger partial charge < -0.3 is 14.8 Å². The summed E-state index contributed by atoms with van der Waals surface area (Å²) in [6.07, 6.45) is 0.493. The Labute approximate surface area is 114 Å². The summed E-state index contributed by atoms with van der Waals surface area (Å²) in [5.41, 5.74) is 0.653. The van der Waals surface area contributed by atoms with Gasteiger partial charge in [-0.3, -0.25) is 4.79 Å². The molecule has 1 amide bonds. The molecule has 6 heteroatoms. The molecule has 96 valence electrons. The first kappa shape index (κ1) is 11.9. The number of fused-ring (bicyclic) bond motifs is 1. The minimum absolute atomic E-state index is 0.170. The van der Waals surface area contributed by atoms with Gasteiger partial charge in [0.2, 0.25) is 5.91 Å². The van der Waals surface area contributed by atoms with Gasteiger partial charge in [0.1, 0.15) is 17.5 Å². The van der Waals surface area contributed by atoms with Gasteiger partial charge in [-0.1, -0.05) is 0 Å². The number of ether oxygens (including phenoxy) is 2. The standard InChI is InChI=1S/C12H11Cl2NO3/c13-12(14)6-8(12)11(16)15-7-1-2-9-10(5-7)18-4-3-17-9/h1-2,5,8H,3-4,6H2,(H,15,16). The van der Waals surface area contributed by atoms with Crippen molar-refractivity contribution in [3.05, 3.63) is 18.2 Å². The van der Waals surface area contributed by atoms with Crippen LogP contribution < -0.4 is 14.8 Å². The molecule has 1 aliphatic heterocycles. The van der Waals surface area contributed by atoms with E-state index in [9.17, 15) is 4.79 Å². The third kappa shape index (κ3) is 2.22. The molecule has 1 atom stereocenters. The van der Waals surface area contributed by atoms with E-state index in [2.05, 4.69) is 5.32 Å². The van der Waals surface area contributed by atoms with Crippen molar-refractivity contribution in [2.24, 2.45) is 5.92 Å². The zero-order valence-corrected chi connectivity index (χ0v) is 10.9. The van der Waals surface area contributed by atoms with Crippen molar-refractivity contribution < 1.29 is 14.3 Å². The van der Waals surface area contributed by atoms with Gasteiger partial charge in [-0.05, 0) is 18.6 Å². The molecule has 1 unspecified atom stereocenters. The Kier molecular flexibility index (Phi) is 2.79. The summed E-state index contributed by atoms with van der Waals surface area (Å²) >= 11 is 11.7. The smallest absolute Gasteiger partial charge is 0.230 e. The predicted molar refractivity (Wildman–Crippen MR) is 68.6 cm³/mol. The van der Waals surface area contributed by atoms with Crippen molar-refractivity contribution in [3.8, 4) is 11.5 Å². The summed E-state index contributed by atoms with van der Waals surface area (Å²) in [6.45, 7) is 1.06. The molecule has 1 aromatic rings. The normalized spacial score (nSPS) is 23.3. The molecule has 1 aromatic carbocycles. The lowest BCUT2D eigenvalue weighted by Gasteiger charge is -2.19. The number of hydrogen-bond acceptors (Lipinski definition) is 3. The Morgan fingerprint density at radius 1 is 1.28 bits per heavy atom. The quantitative estimate of drug-likeness (QED) is 0.851. The van der Waals surface area contributed by atoms with Crippen molar-refractivity contribution in [2.45, 2.75) is 10.8 Å². The average Bonchev–Trinajstić information content (AvgIpc) is 2.98. The minimum atomic E-state index is -0.905. The second-order valence-electron chi connectivity index (χ2n) is 4.37. The largest absolute Gasteiger partial charge is 0.486 e. The fourth-order valence-electron chi connectivity index (χ4n) is 1.85. The highest BCUT2D eigenvalue weighted by Gasteiger charge is 2.56. The lowest BCUT2D eigenvalue weighted by atomic mass is 10.2. The maximum atomic E-state index is 11.8. The van der Waals surface area contributed by atoms with E-state index in [1.165, 1.54) is 0 Å². The maximum absolute atomic E-state index is 11.8. The molecule has 1 saturated carbocycles. The van der Waals surface area contributed by atoms with E-state index in [0.29, 0.717) is 36.8 Å². The van der Waals surface area contributed by atoms with Crippen LogP contribution in [0.5, 0.6) is 11.5 Å². The molecule has 0 aromatic heterocycles. The van der Waals surface area contributed by atoms with Gasteiger partial charge in [-0.25, -0.2) is 0 Å². The highest BCUT2D eigenvalue weighted by atomic mass is 35.5. The summed E-state index contributed by atoms with van der Waals surface area (Å²) < 4.78 is 9.93. The van der Waals surface area contributed by atoms with Crippen molar-refractivity contribution >= 4 is 34.8 Å². The summed E-state index contributed by atoms with van der Waals surface area (Å²) in [4.78, 5) is 11.8. The van der Waals surface area contributed by atoms with E-state index < -0.39 is 4.33 Å². The average molecular weight is 288 g/mol. The van der Waals surface area contributed by atoms with Crippen molar-refractivity contribution in [1.29, 1.82) is 0 Å². The molecule has 1 fully saturated rings.